The minimum atomic E-state index is -4.78. The number of hydrogen-bond donors (Lipinski definition) is 2. The van der Waals surface area contributed by atoms with E-state index >= 15 is 0 Å². The highest BCUT2D eigenvalue weighted by Crippen LogP contribution is 2.29. The zero-order valence-corrected chi connectivity index (χ0v) is 17.2. The van der Waals surface area contributed by atoms with Gasteiger partial charge in [-0.3, -0.25) is 9.11 Å². The lowest BCUT2D eigenvalue weighted by molar-refractivity contribution is 0.405. The molecule has 26 heavy (non-hydrogen) atoms. The summed E-state index contributed by atoms with van der Waals surface area (Å²) in [4.78, 5) is -1.46. The van der Waals surface area contributed by atoms with Crippen molar-refractivity contribution in [3.63, 3.8) is 0 Å². The molecular weight excluding hydrogens is 376 g/mol. The minimum absolute atomic E-state index is 0.198. The molecule has 0 aliphatic carbocycles. The maximum Gasteiger partial charge on any atom is 0.296 e. The Morgan fingerprint density at radius 3 is 2.00 bits per heavy atom. The molecule has 1 atom stereocenters. The third-order valence-corrected chi connectivity index (χ3v) is 6.56. The van der Waals surface area contributed by atoms with Crippen LogP contribution in [0.15, 0.2) is 28.0 Å². The van der Waals surface area contributed by atoms with Gasteiger partial charge in [-0.1, -0.05) is 77.3 Å². The summed E-state index contributed by atoms with van der Waals surface area (Å²) in [6, 6.07) is 3.88. The van der Waals surface area contributed by atoms with Crippen LogP contribution in [0.4, 0.5) is 0 Å². The molecule has 2 N–H and O–H groups in total. The highest BCUT2D eigenvalue weighted by Gasteiger charge is 2.28. The first kappa shape index (κ1) is 23.1. The quantitative estimate of drug-likeness (QED) is 0.391. The number of hydrogen-bond acceptors (Lipinski definition) is 4. The Kier molecular flexibility index (Phi) is 9.23. The Balaban J connectivity index is 3.17. The van der Waals surface area contributed by atoms with E-state index in [2.05, 4.69) is 13.8 Å². The van der Waals surface area contributed by atoms with Gasteiger partial charge in [-0.15, -0.1) is 0 Å². The van der Waals surface area contributed by atoms with Gasteiger partial charge in [-0.05, 0) is 24.0 Å². The zero-order chi connectivity index (χ0) is 19.8. The van der Waals surface area contributed by atoms with Crippen molar-refractivity contribution in [2.24, 2.45) is 5.92 Å². The van der Waals surface area contributed by atoms with Gasteiger partial charge in [0.2, 0.25) is 0 Å². The summed E-state index contributed by atoms with van der Waals surface area (Å²) in [6.07, 6.45) is 8.60. The van der Waals surface area contributed by atoms with Crippen molar-refractivity contribution in [3.05, 3.63) is 23.8 Å². The van der Waals surface area contributed by atoms with Gasteiger partial charge >= 0.3 is 0 Å². The van der Waals surface area contributed by atoms with Gasteiger partial charge in [-0.2, -0.15) is 16.8 Å². The number of benzene rings is 1. The lowest BCUT2D eigenvalue weighted by Crippen LogP contribution is -2.14. The topological polar surface area (TPSA) is 109 Å². The van der Waals surface area contributed by atoms with Gasteiger partial charge in [0.05, 0.1) is 0 Å². The highest BCUT2D eigenvalue weighted by atomic mass is 32.2. The van der Waals surface area contributed by atoms with Gasteiger partial charge in [0.1, 0.15) is 9.79 Å². The Labute approximate surface area is 157 Å². The van der Waals surface area contributed by atoms with Gasteiger partial charge in [0, 0.05) is 0 Å². The smallest absolute Gasteiger partial charge is 0.282 e. The summed E-state index contributed by atoms with van der Waals surface area (Å²) < 4.78 is 65.5. The van der Waals surface area contributed by atoms with Gasteiger partial charge < -0.3 is 0 Å². The molecule has 0 fully saturated rings. The van der Waals surface area contributed by atoms with E-state index in [9.17, 15) is 25.9 Å². The Morgan fingerprint density at radius 1 is 0.846 bits per heavy atom. The summed E-state index contributed by atoms with van der Waals surface area (Å²) >= 11 is 0. The predicted octanol–water partition coefficient (Wildman–Crippen LogP) is 4.50. The maximum absolute atomic E-state index is 11.8. The van der Waals surface area contributed by atoms with E-state index in [4.69, 9.17) is 0 Å². The Morgan fingerprint density at radius 2 is 1.46 bits per heavy atom. The lowest BCUT2D eigenvalue weighted by atomic mass is 9.89. The van der Waals surface area contributed by atoms with Crippen LogP contribution in [0.2, 0.25) is 0 Å². The van der Waals surface area contributed by atoms with Crippen molar-refractivity contribution >= 4 is 20.2 Å². The van der Waals surface area contributed by atoms with Crippen molar-refractivity contribution in [2.45, 2.75) is 81.4 Å². The Bertz CT molecular complexity index is 769. The van der Waals surface area contributed by atoms with Crippen LogP contribution in [-0.2, 0) is 26.7 Å². The first-order chi connectivity index (χ1) is 12.1. The largest absolute Gasteiger partial charge is 0.296 e. The van der Waals surface area contributed by atoms with Crippen molar-refractivity contribution in [1.82, 2.24) is 0 Å². The molecule has 150 valence electrons. The van der Waals surface area contributed by atoms with E-state index in [0.29, 0.717) is 6.42 Å². The van der Waals surface area contributed by atoms with E-state index < -0.39 is 30.0 Å². The molecule has 0 radical (unpaired) electrons. The molecular formula is C18H30O6S2. The molecule has 0 heterocycles. The van der Waals surface area contributed by atoms with Crippen LogP contribution in [0, 0.1) is 5.92 Å². The monoisotopic (exact) mass is 406 g/mol. The predicted molar refractivity (Wildman–Crippen MR) is 102 cm³/mol. The van der Waals surface area contributed by atoms with E-state index in [0.717, 1.165) is 57.4 Å². The van der Waals surface area contributed by atoms with Crippen LogP contribution in [0.5, 0.6) is 0 Å². The average molecular weight is 407 g/mol. The van der Waals surface area contributed by atoms with Gasteiger partial charge in [0.25, 0.3) is 20.2 Å². The SMILES string of the molecule is CCCCCCC(CCCC)Cc1cccc(S(=O)(=O)O)c1S(=O)(=O)O. The number of rotatable bonds is 12. The molecule has 1 aromatic rings. The third kappa shape index (κ3) is 7.34. The van der Waals surface area contributed by atoms with E-state index in [1.165, 1.54) is 12.1 Å². The molecule has 1 aromatic carbocycles. The number of unbranched alkanes of at least 4 members (excludes halogenated alkanes) is 4. The second kappa shape index (κ2) is 10.4. The van der Waals surface area contributed by atoms with Crippen LogP contribution in [0.3, 0.4) is 0 Å². The van der Waals surface area contributed by atoms with Crippen LogP contribution in [0.1, 0.15) is 70.8 Å². The standard InChI is InChI=1S/C18H30O6S2/c1-3-5-7-8-11-15(10-6-4-2)14-16-12-9-13-17(25(19,20)21)18(16)26(22,23)24/h9,12-13,15H,3-8,10-11,14H2,1-2H3,(H,19,20,21)(H,22,23,24). The second-order valence-corrected chi connectivity index (χ2v) is 9.50. The zero-order valence-electron chi connectivity index (χ0n) is 15.5. The summed E-state index contributed by atoms with van der Waals surface area (Å²) in [5, 5.41) is 0. The van der Waals surface area contributed by atoms with Gasteiger partial charge in [0.15, 0.2) is 0 Å². The molecule has 0 spiro atoms. The minimum Gasteiger partial charge on any atom is -0.282 e. The molecule has 1 rings (SSSR count). The van der Waals surface area contributed by atoms with Crippen LogP contribution in [-0.4, -0.2) is 25.9 Å². The summed E-state index contributed by atoms with van der Waals surface area (Å²) in [5.41, 5.74) is 0.235. The molecule has 6 nitrogen and oxygen atoms in total. The molecule has 0 aliphatic heterocycles. The normalized spacial score (nSPS) is 13.7. The molecule has 0 saturated heterocycles. The highest BCUT2D eigenvalue weighted by molar-refractivity contribution is 7.89. The molecule has 8 heteroatoms. The van der Waals surface area contributed by atoms with Crippen molar-refractivity contribution in [1.29, 1.82) is 0 Å². The van der Waals surface area contributed by atoms with Crippen LogP contribution < -0.4 is 0 Å². The van der Waals surface area contributed by atoms with Crippen molar-refractivity contribution in [3.8, 4) is 0 Å². The van der Waals surface area contributed by atoms with E-state index in [1.54, 1.807) is 0 Å². The molecule has 0 aliphatic rings. The maximum atomic E-state index is 11.8. The molecule has 0 bridgehead atoms. The van der Waals surface area contributed by atoms with E-state index in [1.807, 2.05) is 0 Å². The van der Waals surface area contributed by atoms with Crippen LogP contribution in [0.25, 0.3) is 0 Å². The second-order valence-electron chi connectivity index (χ2n) is 6.76. The summed E-state index contributed by atoms with van der Waals surface area (Å²) in [7, 11) is -9.54. The molecule has 1 unspecified atom stereocenters. The summed E-state index contributed by atoms with van der Waals surface area (Å²) in [6.45, 7) is 4.21. The van der Waals surface area contributed by atoms with Gasteiger partial charge in [-0.25, -0.2) is 0 Å². The molecule has 0 amide bonds. The third-order valence-electron chi connectivity index (χ3n) is 4.54. The van der Waals surface area contributed by atoms with E-state index in [-0.39, 0.29) is 11.5 Å². The average Bonchev–Trinajstić information content (AvgIpc) is 2.54. The fourth-order valence-corrected chi connectivity index (χ4v) is 5.28. The van der Waals surface area contributed by atoms with Crippen molar-refractivity contribution in [2.75, 3.05) is 0 Å². The van der Waals surface area contributed by atoms with Crippen LogP contribution >= 0.6 is 0 Å². The fraction of sp³-hybridized carbons (Fsp3) is 0.667. The first-order valence-electron chi connectivity index (χ1n) is 9.18. The van der Waals surface area contributed by atoms with Crippen molar-refractivity contribution < 1.29 is 25.9 Å². The summed E-state index contributed by atoms with van der Waals surface area (Å²) in [5.74, 6) is 0.198. The fourth-order valence-electron chi connectivity index (χ4n) is 3.23. The molecule has 0 aromatic heterocycles. The first-order valence-corrected chi connectivity index (χ1v) is 12.1. The Hall–Kier alpha value is -0.960. The lowest BCUT2D eigenvalue weighted by Gasteiger charge is -2.19. The molecule has 0 saturated carbocycles.